The summed E-state index contributed by atoms with van der Waals surface area (Å²) >= 11 is 0. The van der Waals surface area contributed by atoms with Crippen LogP contribution in [-0.4, -0.2) is 45.8 Å². The summed E-state index contributed by atoms with van der Waals surface area (Å²) in [6.45, 7) is 9.10. The molecule has 4 heterocycles. The molecule has 2 N–H and O–H groups in total. The number of aryl methyl sites for hydroxylation is 1. The summed E-state index contributed by atoms with van der Waals surface area (Å²) in [6.07, 6.45) is 4.03. The number of aromatic nitrogens is 3. The van der Waals surface area contributed by atoms with E-state index in [0.29, 0.717) is 6.54 Å². The molecule has 8 heteroatoms. The lowest BCUT2D eigenvalue weighted by atomic mass is 10.1. The van der Waals surface area contributed by atoms with Gasteiger partial charge in [-0.05, 0) is 76.1 Å². The van der Waals surface area contributed by atoms with Crippen LogP contribution in [0.1, 0.15) is 32.8 Å². The lowest BCUT2D eigenvalue weighted by Gasteiger charge is -2.22. The molecule has 0 bridgehead atoms. The molecule has 8 nitrogen and oxygen atoms in total. The number of carbonyl (C=O) groups excluding carboxylic acids is 1. The van der Waals surface area contributed by atoms with Gasteiger partial charge in [-0.15, -0.1) is 0 Å². The van der Waals surface area contributed by atoms with E-state index in [9.17, 15) is 4.79 Å². The summed E-state index contributed by atoms with van der Waals surface area (Å²) in [6, 6.07) is 13.8. The number of carbonyl (C=O) groups is 1. The van der Waals surface area contributed by atoms with Crippen molar-refractivity contribution in [2.75, 3.05) is 23.3 Å². The number of anilines is 3. The van der Waals surface area contributed by atoms with Gasteiger partial charge in [0.2, 0.25) is 0 Å². The molecule has 33 heavy (non-hydrogen) atoms. The van der Waals surface area contributed by atoms with Crippen molar-refractivity contribution in [3.05, 3.63) is 60.4 Å². The monoisotopic (exact) mass is 446 g/mol. The van der Waals surface area contributed by atoms with E-state index in [1.807, 2.05) is 70.2 Å². The Morgan fingerprint density at radius 1 is 1.09 bits per heavy atom. The van der Waals surface area contributed by atoms with Crippen LogP contribution in [0.4, 0.5) is 22.2 Å². The van der Waals surface area contributed by atoms with Crippen molar-refractivity contribution in [3.63, 3.8) is 0 Å². The molecule has 1 atom stereocenters. The number of alkyl carbamates (subject to hydrolysis) is 1. The summed E-state index contributed by atoms with van der Waals surface area (Å²) in [5.41, 5.74) is 2.44. The topological polar surface area (TPSA) is 92.3 Å². The van der Waals surface area contributed by atoms with E-state index >= 15 is 0 Å². The van der Waals surface area contributed by atoms with Crippen LogP contribution in [0.5, 0.6) is 0 Å². The predicted octanol–water partition coefficient (Wildman–Crippen LogP) is 4.69. The Morgan fingerprint density at radius 3 is 2.70 bits per heavy atom. The third kappa shape index (κ3) is 6.19. The molecular formula is C25H30N6O2. The Morgan fingerprint density at radius 2 is 1.91 bits per heavy atom. The number of ether oxygens (including phenoxy) is 1. The highest BCUT2D eigenvalue weighted by molar-refractivity contribution is 5.69. The second kappa shape index (κ2) is 9.44. The first-order valence-electron chi connectivity index (χ1n) is 11.1. The lowest BCUT2D eigenvalue weighted by Crippen LogP contribution is -2.40. The number of pyridine rings is 3. The largest absolute Gasteiger partial charge is 0.444 e. The molecule has 1 aliphatic rings. The minimum absolute atomic E-state index is 0.0257. The average molecular weight is 447 g/mol. The van der Waals surface area contributed by atoms with Crippen molar-refractivity contribution >= 4 is 23.5 Å². The fourth-order valence-corrected chi connectivity index (χ4v) is 3.71. The normalized spacial score (nSPS) is 15.9. The van der Waals surface area contributed by atoms with Gasteiger partial charge in [0.25, 0.3) is 0 Å². The van der Waals surface area contributed by atoms with Crippen LogP contribution in [0.15, 0.2) is 54.9 Å². The SMILES string of the molecule is Cc1ccnc(Nc2cccc(-c3ccnc(N4CCC(NC(=O)OC(C)(C)C)C4)c3)n2)c1. The number of amides is 1. The van der Waals surface area contributed by atoms with Crippen molar-refractivity contribution in [2.24, 2.45) is 0 Å². The molecule has 172 valence electrons. The van der Waals surface area contributed by atoms with Gasteiger partial charge in [-0.1, -0.05) is 6.07 Å². The highest BCUT2D eigenvalue weighted by atomic mass is 16.6. The Kier molecular flexibility index (Phi) is 6.44. The first-order chi connectivity index (χ1) is 15.7. The maximum absolute atomic E-state index is 12.1. The van der Waals surface area contributed by atoms with Gasteiger partial charge in [-0.3, -0.25) is 0 Å². The van der Waals surface area contributed by atoms with Crippen molar-refractivity contribution in [2.45, 2.75) is 45.8 Å². The van der Waals surface area contributed by atoms with Gasteiger partial charge in [-0.25, -0.2) is 19.7 Å². The van der Waals surface area contributed by atoms with Crippen LogP contribution in [0, 0.1) is 6.92 Å². The molecule has 1 aliphatic heterocycles. The predicted molar refractivity (Wildman–Crippen MR) is 130 cm³/mol. The zero-order valence-electron chi connectivity index (χ0n) is 19.5. The summed E-state index contributed by atoms with van der Waals surface area (Å²) in [4.78, 5) is 27.9. The number of hydrogen-bond acceptors (Lipinski definition) is 7. The lowest BCUT2D eigenvalue weighted by molar-refractivity contribution is 0.0509. The fraction of sp³-hybridized carbons (Fsp3) is 0.360. The van der Waals surface area contributed by atoms with E-state index in [1.54, 1.807) is 12.4 Å². The molecule has 1 saturated heterocycles. The summed E-state index contributed by atoms with van der Waals surface area (Å²) < 4.78 is 5.37. The molecule has 0 spiro atoms. The first-order valence-corrected chi connectivity index (χ1v) is 11.1. The van der Waals surface area contributed by atoms with Gasteiger partial charge in [0, 0.05) is 31.0 Å². The zero-order chi connectivity index (χ0) is 23.4. The van der Waals surface area contributed by atoms with Crippen molar-refractivity contribution in [1.29, 1.82) is 0 Å². The Hall–Kier alpha value is -3.68. The van der Waals surface area contributed by atoms with Crippen molar-refractivity contribution < 1.29 is 9.53 Å². The number of nitrogens with one attached hydrogen (secondary N) is 2. The van der Waals surface area contributed by atoms with E-state index in [1.165, 1.54) is 0 Å². The minimum Gasteiger partial charge on any atom is -0.444 e. The highest BCUT2D eigenvalue weighted by Crippen LogP contribution is 2.25. The molecule has 3 aromatic rings. The van der Waals surface area contributed by atoms with Gasteiger partial charge < -0.3 is 20.3 Å². The summed E-state index contributed by atoms with van der Waals surface area (Å²) in [5, 5.41) is 6.22. The van der Waals surface area contributed by atoms with E-state index in [2.05, 4.69) is 25.5 Å². The quantitative estimate of drug-likeness (QED) is 0.587. The molecule has 0 aromatic carbocycles. The maximum Gasteiger partial charge on any atom is 0.407 e. The van der Waals surface area contributed by atoms with Crippen LogP contribution in [0.25, 0.3) is 11.3 Å². The minimum atomic E-state index is -0.510. The molecule has 3 aromatic heterocycles. The van der Waals surface area contributed by atoms with Gasteiger partial charge >= 0.3 is 6.09 Å². The van der Waals surface area contributed by atoms with Crippen molar-refractivity contribution in [3.8, 4) is 11.3 Å². The van der Waals surface area contributed by atoms with Crippen molar-refractivity contribution in [1.82, 2.24) is 20.3 Å². The van der Waals surface area contributed by atoms with Crippen LogP contribution >= 0.6 is 0 Å². The fourth-order valence-electron chi connectivity index (χ4n) is 3.71. The van der Waals surface area contributed by atoms with Crippen LogP contribution in [0.2, 0.25) is 0 Å². The van der Waals surface area contributed by atoms with Gasteiger partial charge in [-0.2, -0.15) is 0 Å². The molecule has 4 rings (SSSR count). The second-order valence-electron chi connectivity index (χ2n) is 9.23. The van der Waals surface area contributed by atoms with E-state index in [4.69, 9.17) is 9.72 Å². The second-order valence-corrected chi connectivity index (χ2v) is 9.23. The van der Waals surface area contributed by atoms with Gasteiger partial charge in [0.1, 0.15) is 23.1 Å². The number of rotatable bonds is 5. The maximum atomic E-state index is 12.1. The third-order valence-corrected chi connectivity index (χ3v) is 5.20. The average Bonchev–Trinajstić information content (AvgIpc) is 3.21. The molecule has 0 aliphatic carbocycles. The van der Waals surface area contributed by atoms with Gasteiger partial charge in [0.15, 0.2) is 0 Å². The number of nitrogens with zero attached hydrogens (tertiary/aromatic N) is 4. The first kappa shape index (κ1) is 22.5. The third-order valence-electron chi connectivity index (χ3n) is 5.20. The van der Waals surface area contributed by atoms with Gasteiger partial charge in [0.05, 0.1) is 11.7 Å². The van der Waals surface area contributed by atoms with E-state index in [-0.39, 0.29) is 12.1 Å². The molecule has 1 amide bonds. The highest BCUT2D eigenvalue weighted by Gasteiger charge is 2.27. The molecule has 1 fully saturated rings. The standard InChI is InChI=1S/C25H30N6O2/c1-17-8-11-26-22(14-17)30-21-7-5-6-20(29-21)18-9-12-27-23(15-18)31-13-10-19(16-31)28-24(32)33-25(2,3)4/h5-9,11-12,14-15,19H,10,13,16H2,1-4H3,(H,28,32)(H,26,29,30). The Balaban J connectivity index is 1.44. The molecule has 0 radical (unpaired) electrons. The van der Waals surface area contributed by atoms with Crippen LogP contribution in [-0.2, 0) is 4.74 Å². The number of hydrogen-bond donors (Lipinski definition) is 2. The van der Waals surface area contributed by atoms with E-state index < -0.39 is 5.60 Å². The summed E-state index contributed by atoms with van der Waals surface area (Å²) in [7, 11) is 0. The Bertz CT molecular complexity index is 1130. The zero-order valence-corrected chi connectivity index (χ0v) is 19.5. The van der Waals surface area contributed by atoms with Crippen LogP contribution < -0.4 is 15.5 Å². The smallest absolute Gasteiger partial charge is 0.407 e. The molecular weight excluding hydrogens is 416 g/mol. The summed E-state index contributed by atoms with van der Waals surface area (Å²) in [5.74, 6) is 2.35. The van der Waals surface area contributed by atoms with Crippen LogP contribution in [0.3, 0.4) is 0 Å². The van der Waals surface area contributed by atoms with E-state index in [0.717, 1.165) is 47.2 Å². The Labute approximate surface area is 194 Å². The molecule has 1 unspecified atom stereocenters. The molecule has 0 saturated carbocycles.